The standard InChI is InChI=1S/C72H136O17P2/c1-8-10-11-12-13-14-15-16-17-18-23-26-32-41-48-55-71(76)88-68(60-83-70(75)54-47-40-35-34-38-45-52-65(7)9-2)62-87-91(80,81)85-58-66(73)57-84-90(78,79)86-61-67(89-72(77)56-49-42-33-28-27-30-37-44-51-64(5)6)59-82-69(74)53-46-39-31-25-22-20-19-21-24-29-36-43-50-63(3)4/h14-17,63-68,73H,8-13,18-62H2,1-7H3,(H,78,79)(H,80,81)/b15-14-,17-16-/t65?,66-,67-,68-/m1/s1. The van der Waals surface area contributed by atoms with Crippen molar-refractivity contribution in [1.82, 2.24) is 0 Å². The van der Waals surface area contributed by atoms with E-state index >= 15 is 0 Å². The first-order valence-electron chi connectivity index (χ1n) is 36.7. The van der Waals surface area contributed by atoms with Crippen LogP contribution in [0.15, 0.2) is 24.3 Å². The van der Waals surface area contributed by atoms with Crippen molar-refractivity contribution in [3.8, 4) is 0 Å². The van der Waals surface area contributed by atoms with Gasteiger partial charge >= 0.3 is 39.5 Å². The minimum Gasteiger partial charge on any atom is -0.462 e. The zero-order valence-corrected chi connectivity index (χ0v) is 60.6. The summed E-state index contributed by atoms with van der Waals surface area (Å²) in [6, 6.07) is 0. The molecular weight excluding hydrogens is 1200 g/mol. The van der Waals surface area contributed by atoms with Gasteiger partial charge in [-0.15, -0.1) is 0 Å². The molecule has 536 valence electrons. The van der Waals surface area contributed by atoms with Gasteiger partial charge in [0.2, 0.25) is 0 Å². The minimum atomic E-state index is -4.96. The lowest BCUT2D eigenvalue weighted by atomic mass is 10.00. The zero-order valence-electron chi connectivity index (χ0n) is 58.8. The molecule has 91 heavy (non-hydrogen) atoms. The molecule has 0 radical (unpaired) electrons. The first kappa shape index (κ1) is 88.5. The molecule has 0 heterocycles. The van der Waals surface area contributed by atoms with Crippen molar-refractivity contribution < 1.29 is 80.2 Å². The van der Waals surface area contributed by atoms with E-state index < -0.39 is 97.5 Å². The summed E-state index contributed by atoms with van der Waals surface area (Å²) >= 11 is 0. The van der Waals surface area contributed by atoms with Crippen LogP contribution in [0, 0.1) is 17.8 Å². The molecule has 3 unspecified atom stereocenters. The minimum absolute atomic E-state index is 0.0837. The van der Waals surface area contributed by atoms with Crippen molar-refractivity contribution in [2.24, 2.45) is 17.8 Å². The van der Waals surface area contributed by atoms with Gasteiger partial charge in [-0.1, -0.05) is 285 Å². The molecule has 6 atom stereocenters. The first-order valence-corrected chi connectivity index (χ1v) is 39.7. The Hall–Kier alpha value is -2.46. The molecule has 0 amide bonds. The Bertz CT molecular complexity index is 1880. The summed E-state index contributed by atoms with van der Waals surface area (Å²) in [6.07, 6.45) is 49.5. The molecule has 0 spiro atoms. The van der Waals surface area contributed by atoms with E-state index in [2.05, 4.69) is 72.8 Å². The van der Waals surface area contributed by atoms with Crippen molar-refractivity contribution >= 4 is 39.5 Å². The topological polar surface area (TPSA) is 237 Å². The van der Waals surface area contributed by atoms with Gasteiger partial charge in [-0.2, -0.15) is 0 Å². The van der Waals surface area contributed by atoms with Crippen LogP contribution in [-0.4, -0.2) is 96.7 Å². The van der Waals surface area contributed by atoms with Gasteiger partial charge in [0.1, 0.15) is 19.3 Å². The Balaban J connectivity index is 5.28. The molecule has 0 bridgehead atoms. The van der Waals surface area contributed by atoms with Crippen molar-refractivity contribution in [2.45, 2.75) is 356 Å². The molecule has 0 fully saturated rings. The van der Waals surface area contributed by atoms with E-state index in [0.29, 0.717) is 31.6 Å². The van der Waals surface area contributed by atoms with E-state index in [9.17, 15) is 43.2 Å². The molecule has 0 rings (SSSR count). The lowest BCUT2D eigenvalue weighted by molar-refractivity contribution is -0.161. The maximum atomic E-state index is 13.0. The second kappa shape index (κ2) is 62.4. The fourth-order valence-electron chi connectivity index (χ4n) is 10.3. The quantitative estimate of drug-likeness (QED) is 0.0169. The van der Waals surface area contributed by atoms with Gasteiger partial charge in [-0.05, 0) is 69.1 Å². The zero-order chi connectivity index (χ0) is 67.3. The van der Waals surface area contributed by atoms with Crippen LogP contribution in [0.2, 0.25) is 0 Å². The van der Waals surface area contributed by atoms with Gasteiger partial charge in [0.05, 0.1) is 26.4 Å². The molecule has 3 N–H and O–H groups in total. The van der Waals surface area contributed by atoms with Crippen LogP contribution in [0.3, 0.4) is 0 Å². The Morgan fingerprint density at radius 2 is 0.648 bits per heavy atom. The molecule has 0 aromatic heterocycles. The smallest absolute Gasteiger partial charge is 0.462 e. The number of hydrogen-bond donors (Lipinski definition) is 3. The third-order valence-electron chi connectivity index (χ3n) is 16.4. The Labute approximate surface area is 554 Å². The lowest BCUT2D eigenvalue weighted by Crippen LogP contribution is -2.30. The molecule has 0 aromatic carbocycles. The van der Waals surface area contributed by atoms with Crippen LogP contribution >= 0.6 is 15.6 Å². The number of allylic oxidation sites excluding steroid dienone is 4. The number of carbonyl (C=O) groups excluding carboxylic acids is 4. The van der Waals surface area contributed by atoms with E-state index in [4.69, 9.17) is 37.0 Å². The van der Waals surface area contributed by atoms with Crippen molar-refractivity contribution in [1.29, 1.82) is 0 Å². The summed E-state index contributed by atoms with van der Waals surface area (Å²) in [5.41, 5.74) is 0. The monoisotopic (exact) mass is 1330 g/mol. The van der Waals surface area contributed by atoms with Gasteiger partial charge in [0.15, 0.2) is 12.2 Å². The predicted octanol–water partition coefficient (Wildman–Crippen LogP) is 20.2. The summed E-state index contributed by atoms with van der Waals surface area (Å²) in [6.45, 7) is 11.7. The normalized spacial score (nSPS) is 14.6. The highest BCUT2D eigenvalue weighted by atomic mass is 31.2. The Morgan fingerprint density at radius 3 is 0.978 bits per heavy atom. The Morgan fingerprint density at radius 1 is 0.363 bits per heavy atom. The summed E-state index contributed by atoms with van der Waals surface area (Å²) in [7, 11) is -9.92. The summed E-state index contributed by atoms with van der Waals surface area (Å²) in [4.78, 5) is 72.6. The SMILES string of the molecule is CCCCCC/C=C\C=C/CCCCCCCC(=O)O[C@H](COC(=O)CCCCCCCCC(C)CC)COP(=O)(O)OC[C@H](O)COP(=O)(O)OC[C@@H](COC(=O)CCCCCCCCCCCCCCC(C)C)OC(=O)CCCCCCCCCCC(C)C. The largest absolute Gasteiger partial charge is 0.472 e. The van der Waals surface area contributed by atoms with Crippen molar-refractivity contribution in [2.75, 3.05) is 39.6 Å². The van der Waals surface area contributed by atoms with Crippen LogP contribution in [0.4, 0.5) is 0 Å². The van der Waals surface area contributed by atoms with Crippen LogP contribution in [0.5, 0.6) is 0 Å². The van der Waals surface area contributed by atoms with Crippen LogP contribution in [-0.2, 0) is 65.4 Å². The highest BCUT2D eigenvalue weighted by Crippen LogP contribution is 2.45. The number of esters is 4. The lowest BCUT2D eigenvalue weighted by Gasteiger charge is -2.21. The van der Waals surface area contributed by atoms with E-state index in [1.807, 2.05) is 0 Å². The summed E-state index contributed by atoms with van der Waals surface area (Å²) in [5.74, 6) is 0.0674. The van der Waals surface area contributed by atoms with E-state index in [-0.39, 0.29) is 25.7 Å². The maximum Gasteiger partial charge on any atom is 0.472 e. The molecular formula is C72H136O17P2. The third-order valence-corrected chi connectivity index (χ3v) is 18.3. The summed E-state index contributed by atoms with van der Waals surface area (Å²) in [5, 5.41) is 10.6. The average molecular weight is 1340 g/mol. The second-order valence-electron chi connectivity index (χ2n) is 26.5. The van der Waals surface area contributed by atoms with Crippen LogP contribution in [0.1, 0.15) is 337 Å². The van der Waals surface area contributed by atoms with Crippen LogP contribution in [0.25, 0.3) is 0 Å². The fraction of sp³-hybridized carbons (Fsp3) is 0.889. The van der Waals surface area contributed by atoms with Gasteiger partial charge in [0, 0.05) is 25.7 Å². The number of ether oxygens (including phenoxy) is 4. The van der Waals surface area contributed by atoms with Crippen LogP contribution < -0.4 is 0 Å². The molecule has 19 heteroatoms. The summed E-state index contributed by atoms with van der Waals surface area (Å²) < 4.78 is 68.3. The van der Waals surface area contributed by atoms with Gasteiger partial charge in [-0.3, -0.25) is 37.3 Å². The van der Waals surface area contributed by atoms with Gasteiger partial charge < -0.3 is 33.8 Å². The Kier molecular flexibility index (Phi) is 60.7. The number of aliphatic hydroxyl groups excluding tert-OH is 1. The highest BCUT2D eigenvalue weighted by molar-refractivity contribution is 7.47. The number of phosphoric acid groups is 2. The number of unbranched alkanes of at least 4 members (excludes halogenated alkanes) is 32. The van der Waals surface area contributed by atoms with E-state index in [1.165, 1.54) is 128 Å². The molecule has 0 aliphatic carbocycles. The molecule has 0 aromatic rings. The van der Waals surface area contributed by atoms with Gasteiger partial charge in [0.25, 0.3) is 0 Å². The molecule has 0 saturated carbocycles. The molecule has 17 nitrogen and oxygen atoms in total. The van der Waals surface area contributed by atoms with E-state index in [0.717, 1.165) is 121 Å². The number of aliphatic hydroxyl groups is 1. The fourth-order valence-corrected chi connectivity index (χ4v) is 11.9. The number of hydrogen-bond acceptors (Lipinski definition) is 15. The molecule has 0 aliphatic heterocycles. The maximum absolute atomic E-state index is 13.0. The molecule has 0 saturated heterocycles. The number of rotatable bonds is 68. The number of phosphoric ester groups is 2. The molecule has 0 aliphatic rings. The highest BCUT2D eigenvalue weighted by Gasteiger charge is 2.30. The van der Waals surface area contributed by atoms with E-state index in [1.54, 1.807) is 0 Å². The van der Waals surface area contributed by atoms with Crippen molar-refractivity contribution in [3.63, 3.8) is 0 Å². The third kappa shape index (κ3) is 64.6. The van der Waals surface area contributed by atoms with Gasteiger partial charge in [-0.25, -0.2) is 9.13 Å². The predicted molar refractivity (Wildman–Crippen MR) is 367 cm³/mol. The first-order chi connectivity index (χ1) is 43.8. The number of carbonyl (C=O) groups is 4. The average Bonchev–Trinajstić information content (AvgIpc) is 3.18. The second-order valence-corrected chi connectivity index (χ2v) is 29.4. The van der Waals surface area contributed by atoms with Crippen molar-refractivity contribution in [3.05, 3.63) is 24.3 Å².